The number of carbonyl (C=O) groups excluding carboxylic acids is 1. The molecule has 23 heavy (non-hydrogen) atoms. The lowest BCUT2D eigenvalue weighted by atomic mass is 9.75. The van der Waals surface area contributed by atoms with Gasteiger partial charge >= 0.3 is 0 Å². The molecule has 0 bridgehead atoms. The number of hydrogen-bond acceptors (Lipinski definition) is 3. The lowest BCUT2D eigenvalue weighted by Gasteiger charge is -2.28. The number of benzene rings is 1. The Balaban J connectivity index is 1.89. The van der Waals surface area contributed by atoms with Crippen molar-refractivity contribution in [2.75, 3.05) is 7.11 Å². The summed E-state index contributed by atoms with van der Waals surface area (Å²) in [7, 11) is 1.63. The van der Waals surface area contributed by atoms with Crippen LogP contribution in [-0.2, 0) is 6.42 Å². The van der Waals surface area contributed by atoms with Crippen LogP contribution in [0, 0.1) is 17.3 Å². The van der Waals surface area contributed by atoms with E-state index in [9.17, 15) is 4.79 Å². The molecule has 3 rings (SSSR count). The number of ketones is 1. The van der Waals surface area contributed by atoms with Crippen LogP contribution in [0.2, 0.25) is 0 Å². The number of fused-ring (bicyclic) bond motifs is 1. The lowest BCUT2D eigenvalue weighted by Crippen LogP contribution is -2.31. The topological polar surface area (TPSA) is 39.2 Å². The number of aromatic nitrogens is 1. The van der Waals surface area contributed by atoms with Gasteiger partial charge in [0, 0.05) is 16.5 Å². The molecule has 0 atom stereocenters. The first-order valence-corrected chi connectivity index (χ1v) is 7.70. The zero-order valence-electron chi connectivity index (χ0n) is 13.6. The van der Waals surface area contributed by atoms with Crippen LogP contribution >= 0.6 is 0 Å². The zero-order chi connectivity index (χ0) is 16.4. The number of Topliss-reactive ketones (excluding diaryl/α,β-unsaturated/α-hetero) is 1. The average Bonchev–Trinajstić information content (AvgIpc) is 2.57. The fraction of sp³-hybridized carbons (Fsp3) is 0.300. The van der Waals surface area contributed by atoms with E-state index < -0.39 is 0 Å². The standard InChI is InChI=1S/C20H19NO2/c1-20(2)12-11-18-17(19(20)22)10-9-15(21-18)8-7-14-5-4-6-16(13-14)23-3/h4-6,9-10,13H,11-12H2,1-3H3. The summed E-state index contributed by atoms with van der Waals surface area (Å²) in [5.41, 5.74) is 2.89. The lowest BCUT2D eigenvalue weighted by molar-refractivity contribution is 0.0809. The second-order valence-corrected chi connectivity index (χ2v) is 6.39. The number of rotatable bonds is 1. The second-order valence-electron chi connectivity index (χ2n) is 6.39. The van der Waals surface area contributed by atoms with Gasteiger partial charge in [0.1, 0.15) is 11.4 Å². The van der Waals surface area contributed by atoms with Crippen molar-refractivity contribution in [2.24, 2.45) is 5.41 Å². The number of carbonyl (C=O) groups is 1. The summed E-state index contributed by atoms with van der Waals surface area (Å²) in [6.45, 7) is 3.99. The van der Waals surface area contributed by atoms with Crippen LogP contribution in [0.1, 0.15) is 47.6 Å². The Hall–Kier alpha value is -2.60. The van der Waals surface area contributed by atoms with Crippen molar-refractivity contribution >= 4 is 5.78 Å². The molecule has 1 aromatic carbocycles. The van der Waals surface area contributed by atoms with Gasteiger partial charge < -0.3 is 4.74 Å². The Labute approximate surface area is 136 Å². The number of methoxy groups -OCH3 is 1. The van der Waals surface area contributed by atoms with E-state index >= 15 is 0 Å². The molecular formula is C20H19NO2. The van der Waals surface area contributed by atoms with Crippen molar-refractivity contribution < 1.29 is 9.53 Å². The molecule has 3 nitrogen and oxygen atoms in total. The highest BCUT2D eigenvalue weighted by Gasteiger charge is 2.34. The maximum Gasteiger partial charge on any atom is 0.170 e. The van der Waals surface area contributed by atoms with Crippen molar-refractivity contribution in [3.8, 4) is 17.6 Å². The number of ether oxygens (including phenoxy) is 1. The van der Waals surface area contributed by atoms with E-state index in [0.29, 0.717) is 5.69 Å². The van der Waals surface area contributed by atoms with Crippen LogP contribution in [-0.4, -0.2) is 17.9 Å². The summed E-state index contributed by atoms with van der Waals surface area (Å²) in [6, 6.07) is 11.3. The van der Waals surface area contributed by atoms with Crippen LogP contribution in [0.5, 0.6) is 5.75 Å². The highest BCUT2D eigenvalue weighted by molar-refractivity contribution is 6.01. The molecule has 0 saturated heterocycles. The van der Waals surface area contributed by atoms with Crippen molar-refractivity contribution in [3.63, 3.8) is 0 Å². The van der Waals surface area contributed by atoms with Crippen molar-refractivity contribution in [2.45, 2.75) is 26.7 Å². The quantitative estimate of drug-likeness (QED) is 0.755. The molecule has 1 heterocycles. The van der Waals surface area contributed by atoms with Gasteiger partial charge in [-0.2, -0.15) is 0 Å². The molecule has 116 valence electrons. The number of hydrogen-bond donors (Lipinski definition) is 0. The van der Waals surface area contributed by atoms with Gasteiger partial charge in [0.2, 0.25) is 0 Å². The van der Waals surface area contributed by atoms with Crippen LogP contribution in [0.3, 0.4) is 0 Å². The monoisotopic (exact) mass is 305 g/mol. The molecular weight excluding hydrogens is 286 g/mol. The molecule has 0 saturated carbocycles. The molecule has 2 aromatic rings. The van der Waals surface area contributed by atoms with Gasteiger partial charge in [0.15, 0.2) is 5.78 Å². The molecule has 0 spiro atoms. The maximum absolute atomic E-state index is 12.4. The van der Waals surface area contributed by atoms with E-state index in [1.807, 2.05) is 50.2 Å². The third kappa shape index (κ3) is 3.12. The third-order valence-corrected chi connectivity index (χ3v) is 4.22. The molecule has 1 aromatic heterocycles. The predicted octanol–water partition coefficient (Wildman–Crippen LogP) is 3.65. The molecule has 0 amide bonds. The minimum absolute atomic E-state index is 0.179. The number of pyridine rings is 1. The van der Waals surface area contributed by atoms with E-state index in [4.69, 9.17) is 4.74 Å². The number of nitrogens with zero attached hydrogens (tertiary/aromatic N) is 1. The normalized spacial score (nSPS) is 15.3. The van der Waals surface area contributed by atoms with Gasteiger partial charge in [-0.05, 0) is 49.1 Å². The fourth-order valence-corrected chi connectivity index (χ4v) is 2.71. The van der Waals surface area contributed by atoms with Gasteiger partial charge in [-0.15, -0.1) is 0 Å². The van der Waals surface area contributed by atoms with Crippen molar-refractivity contribution in [1.29, 1.82) is 0 Å². The van der Waals surface area contributed by atoms with Crippen molar-refractivity contribution in [3.05, 3.63) is 58.9 Å². The Kier molecular flexibility index (Phi) is 3.92. The summed E-state index contributed by atoms with van der Waals surface area (Å²) >= 11 is 0. The zero-order valence-corrected chi connectivity index (χ0v) is 13.6. The molecule has 1 aliphatic carbocycles. The fourth-order valence-electron chi connectivity index (χ4n) is 2.71. The van der Waals surface area contributed by atoms with Gasteiger partial charge in [0.05, 0.1) is 12.8 Å². The largest absolute Gasteiger partial charge is 0.497 e. The Morgan fingerprint density at radius 1 is 1.17 bits per heavy atom. The van der Waals surface area contributed by atoms with E-state index in [-0.39, 0.29) is 11.2 Å². The van der Waals surface area contributed by atoms with Gasteiger partial charge in [0.25, 0.3) is 0 Å². The second kappa shape index (κ2) is 5.89. The van der Waals surface area contributed by atoms with Crippen LogP contribution in [0.15, 0.2) is 36.4 Å². The molecule has 3 heteroatoms. The summed E-state index contributed by atoms with van der Waals surface area (Å²) in [5.74, 6) is 7.12. The minimum Gasteiger partial charge on any atom is -0.497 e. The Morgan fingerprint density at radius 3 is 2.78 bits per heavy atom. The predicted molar refractivity (Wildman–Crippen MR) is 89.6 cm³/mol. The molecule has 0 fully saturated rings. The van der Waals surface area contributed by atoms with Gasteiger partial charge in [-0.25, -0.2) is 4.98 Å². The molecule has 1 aliphatic rings. The smallest absolute Gasteiger partial charge is 0.170 e. The summed E-state index contributed by atoms with van der Waals surface area (Å²) in [6.07, 6.45) is 1.65. The molecule has 0 radical (unpaired) electrons. The first kappa shape index (κ1) is 15.3. The Bertz CT molecular complexity index is 825. The van der Waals surface area contributed by atoms with Gasteiger partial charge in [-0.3, -0.25) is 4.79 Å². The van der Waals surface area contributed by atoms with Crippen LogP contribution in [0.4, 0.5) is 0 Å². The molecule has 0 aliphatic heterocycles. The molecule has 0 N–H and O–H groups in total. The van der Waals surface area contributed by atoms with Crippen LogP contribution < -0.4 is 4.74 Å². The average molecular weight is 305 g/mol. The van der Waals surface area contributed by atoms with E-state index in [2.05, 4.69) is 16.8 Å². The third-order valence-electron chi connectivity index (χ3n) is 4.22. The van der Waals surface area contributed by atoms with Gasteiger partial charge in [-0.1, -0.05) is 25.8 Å². The van der Waals surface area contributed by atoms with Crippen LogP contribution in [0.25, 0.3) is 0 Å². The SMILES string of the molecule is COc1cccc(C#Cc2ccc3c(n2)CCC(C)(C)C3=O)c1. The van der Waals surface area contributed by atoms with Crippen molar-refractivity contribution in [1.82, 2.24) is 4.98 Å². The molecule has 0 unspecified atom stereocenters. The van der Waals surface area contributed by atoms with E-state index in [1.165, 1.54) is 0 Å². The van der Waals surface area contributed by atoms with E-state index in [0.717, 1.165) is 35.4 Å². The highest BCUT2D eigenvalue weighted by atomic mass is 16.5. The summed E-state index contributed by atoms with van der Waals surface area (Å²) in [4.78, 5) is 17.0. The summed E-state index contributed by atoms with van der Waals surface area (Å²) in [5, 5.41) is 0. The maximum atomic E-state index is 12.4. The number of aryl methyl sites for hydroxylation is 1. The van der Waals surface area contributed by atoms with E-state index in [1.54, 1.807) is 7.11 Å². The first-order chi connectivity index (χ1) is 11.0. The summed E-state index contributed by atoms with van der Waals surface area (Å²) < 4.78 is 5.19. The highest BCUT2D eigenvalue weighted by Crippen LogP contribution is 2.33. The first-order valence-electron chi connectivity index (χ1n) is 7.70. The Morgan fingerprint density at radius 2 is 2.00 bits per heavy atom. The minimum atomic E-state index is -0.289.